The lowest BCUT2D eigenvalue weighted by molar-refractivity contribution is 0.102. The summed E-state index contributed by atoms with van der Waals surface area (Å²) in [6, 6.07) is 20.7. The SMILES string of the molecule is CC(C)N(Cc1ccccc1)c1nccc(C(=O)Nc2ccccc2C#N)n1. The van der Waals surface area contributed by atoms with Crippen LogP contribution in [0.3, 0.4) is 0 Å². The Morgan fingerprint density at radius 3 is 2.54 bits per heavy atom. The molecule has 28 heavy (non-hydrogen) atoms. The maximum absolute atomic E-state index is 12.7. The molecule has 0 bridgehead atoms. The van der Waals surface area contributed by atoms with E-state index in [1.54, 1.807) is 36.5 Å². The van der Waals surface area contributed by atoms with Gasteiger partial charge in [0.15, 0.2) is 0 Å². The standard InChI is InChI=1S/C22H21N5O/c1-16(2)27(15-17-8-4-3-5-9-17)22-24-13-12-20(26-22)21(28)25-19-11-7-6-10-18(19)14-23/h3-13,16H,15H2,1-2H3,(H,25,28). The van der Waals surface area contributed by atoms with Crippen LogP contribution in [0.2, 0.25) is 0 Å². The molecule has 0 spiro atoms. The Hall–Kier alpha value is -3.72. The highest BCUT2D eigenvalue weighted by Crippen LogP contribution is 2.18. The van der Waals surface area contributed by atoms with Crippen molar-refractivity contribution in [2.24, 2.45) is 0 Å². The van der Waals surface area contributed by atoms with Gasteiger partial charge < -0.3 is 10.2 Å². The second kappa shape index (κ2) is 8.78. The van der Waals surface area contributed by atoms with Crippen molar-refractivity contribution in [2.75, 3.05) is 10.2 Å². The van der Waals surface area contributed by atoms with E-state index in [0.717, 1.165) is 5.56 Å². The molecular formula is C22H21N5O. The first kappa shape index (κ1) is 19.1. The van der Waals surface area contributed by atoms with Crippen molar-refractivity contribution in [1.29, 1.82) is 5.26 Å². The third-order valence-electron chi connectivity index (χ3n) is 4.25. The molecule has 0 aliphatic heterocycles. The Kier molecular flexibility index (Phi) is 5.97. The molecular weight excluding hydrogens is 350 g/mol. The van der Waals surface area contributed by atoms with Crippen LogP contribution in [0.25, 0.3) is 0 Å². The highest BCUT2D eigenvalue weighted by Gasteiger charge is 2.17. The zero-order valence-electron chi connectivity index (χ0n) is 15.8. The molecule has 0 aliphatic rings. The van der Waals surface area contributed by atoms with Crippen LogP contribution in [0.15, 0.2) is 66.9 Å². The summed E-state index contributed by atoms with van der Waals surface area (Å²) in [5.41, 5.74) is 2.24. The minimum absolute atomic E-state index is 0.151. The number of hydrogen-bond donors (Lipinski definition) is 1. The van der Waals surface area contributed by atoms with Crippen molar-refractivity contribution >= 4 is 17.5 Å². The molecule has 140 valence electrons. The van der Waals surface area contributed by atoms with Crippen molar-refractivity contribution in [3.05, 3.63) is 83.7 Å². The van der Waals surface area contributed by atoms with Gasteiger partial charge in [0.05, 0.1) is 11.3 Å². The zero-order chi connectivity index (χ0) is 19.9. The first-order valence-electron chi connectivity index (χ1n) is 9.02. The number of benzene rings is 2. The third kappa shape index (κ3) is 4.51. The normalized spacial score (nSPS) is 10.4. The van der Waals surface area contributed by atoms with Crippen LogP contribution >= 0.6 is 0 Å². The Morgan fingerprint density at radius 2 is 1.82 bits per heavy atom. The average Bonchev–Trinajstić information content (AvgIpc) is 2.73. The fourth-order valence-corrected chi connectivity index (χ4v) is 2.75. The number of nitrogens with zero attached hydrogens (tertiary/aromatic N) is 4. The molecule has 0 fully saturated rings. The van der Waals surface area contributed by atoms with E-state index in [1.165, 1.54) is 0 Å². The summed E-state index contributed by atoms with van der Waals surface area (Å²) in [7, 11) is 0. The van der Waals surface area contributed by atoms with Gasteiger partial charge in [-0.1, -0.05) is 42.5 Å². The van der Waals surface area contributed by atoms with Crippen LogP contribution in [0.4, 0.5) is 11.6 Å². The monoisotopic (exact) mass is 371 g/mol. The average molecular weight is 371 g/mol. The number of amides is 1. The first-order valence-corrected chi connectivity index (χ1v) is 9.02. The number of aromatic nitrogens is 2. The lowest BCUT2D eigenvalue weighted by Gasteiger charge is -2.27. The van der Waals surface area contributed by atoms with Gasteiger partial charge in [0.25, 0.3) is 5.91 Å². The number of para-hydroxylation sites is 1. The molecule has 1 aromatic heterocycles. The molecule has 6 heteroatoms. The van der Waals surface area contributed by atoms with Gasteiger partial charge in [-0.3, -0.25) is 4.79 Å². The molecule has 6 nitrogen and oxygen atoms in total. The highest BCUT2D eigenvalue weighted by atomic mass is 16.1. The van der Waals surface area contributed by atoms with Gasteiger partial charge in [0, 0.05) is 18.8 Å². The van der Waals surface area contributed by atoms with Crippen LogP contribution < -0.4 is 10.2 Å². The summed E-state index contributed by atoms with van der Waals surface area (Å²) < 4.78 is 0. The molecule has 1 N–H and O–H groups in total. The van der Waals surface area contributed by atoms with Crippen LogP contribution in [0.5, 0.6) is 0 Å². The Morgan fingerprint density at radius 1 is 1.11 bits per heavy atom. The maximum atomic E-state index is 12.7. The van der Waals surface area contributed by atoms with Gasteiger partial charge in [-0.2, -0.15) is 5.26 Å². The highest BCUT2D eigenvalue weighted by molar-refractivity contribution is 6.03. The predicted octanol–water partition coefficient (Wildman–Crippen LogP) is 4.02. The summed E-state index contributed by atoms with van der Waals surface area (Å²) >= 11 is 0. The number of carbonyl (C=O) groups is 1. The summed E-state index contributed by atoms with van der Waals surface area (Å²) in [5.74, 6) is 0.106. The van der Waals surface area contributed by atoms with E-state index in [0.29, 0.717) is 23.7 Å². The van der Waals surface area contributed by atoms with E-state index in [4.69, 9.17) is 0 Å². The van der Waals surface area contributed by atoms with Gasteiger partial charge in [-0.15, -0.1) is 0 Å². The van der Waals surface area contributed by atoms with Gasteiger partial charge >= 0.3 is 0 Å². The fourth-order valence-electron chi connectivity index (χ4n) is 2.75. The Labute approximate surface area is 164 Å². The van der Waals surface area contributed by atoms with Gasteiger partial charge in [-0.05, 0) is 37.6 Å². The van der Waals surface area contributed by atoms with Crippen LogP contribution in [0.1, 0.15) is 35.5 Å². The molecule has 1 heterocycles. The summed E-state index contributed by atoms with van der Waals surface area (Å²) in [6.07, 6.45) is 1.58. The van der Waals surface area contributed by atoms with E-state index in [1.807, 2.05) is 35.2 Å². The van der Waals surface area contributed by atoms with Gasteiger partial charge in [-0.25, -0.2) is 9.97 Å². The smallest absolute Gasteiger partial charge is 0.274 e. The topological polar surface area (TPSA) is 81.9 Å². The molecule has 3 aromatic rings. The summed E-state index contributed by atoms with van der Waals surface area (Å²) in [5, 5.41) is 11.9. The van der Waals surface area contributed by atoms with Crippen molar-refractivity contribution in [3.8, 4) is 6.07 Å². The minimum Gasteiger partial charge on any atom is -0.334 e. The zero-order valence-corrected chi connectivity index (χ0v) is 15.8. The van der Waals surface area contributed by atoms with E-state index in [2.05, 4.69) is 35.2 Å². The van der Waals surface area contributed by atoms with E-state index >= 15 is 0 Å². The molecule has 3 rings (SSSR count). The summed E-state index contributed by atoms with van der Waals surface area (Å²) in [6.45, 7) is 4.76. The van der Waals surface area contributed by atoms with Gasteiger partial charge in [0.2, 0.25) is 5.95 Å². The predicted molar refractivity (Wildman–Crippen MR) is 109 cm³/mol. The number of nitriles is 1. The molecule has 0 saturated carbocycles. The molecule has 0 aliphatic carbocycles. The van der Waals surface area contributed by atoms with Crippen molar-refractivity contribution in [1.82, 2.24) is 9.97 Å². The third-order valence-corrected chi connectivity index (χ3v) is 4.25. The van der Waals surface area contributed by atoms with E-state index in [-0.39, 0.29) is 17.6 Å². The second-order valence-electron chi connectivity index (χ2n) is 6.56. The molecule has 0 radical (unpaired) electrons. The summed E-state index contributed by atoms with van der Waals surface area (Å²) in [4.78, 5) is 23.5. The molecule has 0 unspecified atom stereocenters. The lowest BCUT2D eigenvalue weighted by atomic mass is 10.2. The van der Waals surface area contributed by atoms with Crippen molar-refractivity contribution < 1.29 is 4.79 Å². The van der Waals surface area contributed by atoms with Crippen LogP contribution in [-0.2, 0) is 6.54 Å². The Balaban J connectivity index is 1.84. The maximum Gasteiger partial charge on any atom is 0.274 e. The van der Waals surface area contributed by atoms with Crippen molar-refractivity contribution in [2.45, 2.75) is 26.4 Å². The second-order valence-corrected chi connectivity index (χ2v) is 6.56. The fraction of sp³-hybridized carbons (Fsp3) is 0.182. The number of carbonyl (C=O) groups excluding carboxylic acids is 1. The lowest BCUT2D eigenvalue weighted by Crippen LogP contribution is -2.32. The largest absolute Gasteiger partial charge is 0.334 e. The molecule has 0 saturated heterocycles. The number of hydrogen-bond acceptors (Lipinski definition) is 5. The molecule has 2 aromatic carbocycles. The van der Waals surface area contributed by atoms with E-state index in [9.17, 15) is 10.1 Å². The number of rotatable bonds is 6. The van der Waals surface area contributed by atoms with Crippen molar-refractivity contribution in [3.63, 3.8) is 0 Å². The molecule has 0 atom stereocenters. The molecule has 1 amide bonds. The number of anilines is 2. The first-order chi connectivity index (χ1) is 13.6. The van der Waals surface area contributed by atoms with Crippen LogP contribution in [-0.4, -0.2) is 21.9 Å². The number of nitrogens with one attached hydrogen (secondary N) is 1. The minimum atomic E-state index is -0.380. The quantitative estimate of drug-likeness (QED) is 0.708. The van der Waals surface area contributed by atoms with Gasteiger partial charge in [0.1, 0.15) is 11.8 Å². The van der Waals surface area contributed by atoms with E-state index < -0.39 is 0 Å². The van der Waals surface area contributed by atoms with Crippen LogP contribution in [0, 0.1) is 11.3 Å². The Bertz CT molecular complexity index is 995.